The smallest absolute Gasteiger partial charge is 0.244 e. The van der Waals surface area contributed by atoms with Gasteiger partial charge in [0.1, 0.15) is 11.5 Å². The summed E-state index contributed by atoms with van der Waals surface area (Å²) in [7, 11) is 3.14. The summed E-state index contributed by atoms with van der Waals surface area (Å²) in [6, 6.07) is 11.6. The van der Waals surface area contributed by atoms with Gasteiger partial charge in [-0.2, -0.15) is 0 Å². The number of methoxy groups -OCH3 is 2. The third kappa shape index (κ3) is 5.81. The van der Waals surface area contributed by atoms with Crippen molar-refractivity contribution in [3.8, 4) is 17.2 Å². The number of carbonyl (C=O) groups excluding carboxylic acids is 1. The zero-order valence-electron chi connectivity index (χ0n) is 14.8. The van der Waals surface area contributed by atoms with Crippen LogP contribution in [0.5, 0.6) is 17.2 Å². The van der Waals surface area contributed by atoms with Crippen LogP contribution in [-0.2, 0) is 4.79 Å². The van der Waals surface area contributed by atoms with Gasteiger partial charge in [0.15, 0.2) is 11.6 Å². The molecule has 2 aromatic rings. The van der Waals surface area contributed by atoms with E-state index in [0.29, 0.717) is 31.1 Å². The Bertz CT molecular complexity index is 761. The van der Waals surface area contributed by atoms with E-state index in [1.54, 1.807) is 56.7 Å². The molecule has 2 rings (SSSR count). The number of hydrogen-bond donors (Lipinski definition) is 1. The first-order valence-corrected chi connectivity index (χ1v) is 8.19. The Morgan fingerprint density at radius 2 is 1.92 bits per heavy atom. The fourth-order valence-corrected chi connectivity index (χ4v) is 2.22. The highest BCUT2D eigenvalue weighted by Crippen LogP contribution is 2.25. The van der Waals surface area contributed by atoms with Crippen LogP contribution < -0.4 is 19.5 Å². The summed E-state index contributed by atoms with van der Waals surface area (Å²) < 4.78 is 29.1. The van der Waals surface area contributed by atoms with Gasteiger partial charge in [0.2, 0.25) is 5.91 Å². The quantitative estimate of drug-likeness (QED) is 0.550. The summed E-state index contributed by atoms with van der Waals surface area (Å²) in [5.41, 5.74) is 0.741. The van der Waals surface area contributed by atoms with Crippen LogP contribution in [0.3, 0.4) is 0 Å². The number of amides is 1. The molecule has 0 saturated carbocycles. The van der Waals surface area contributed by atoms with Gasteiger partial charge in [0.25, 0.3) is 0 Å². The van der Waals surface area contributed by atoms with Crippen molar-refractivity contribution >= 4 is 12.0 Å². The number of halogens is 1. The standard InChI is InChI=1S/C20H22FNO4/c1-24-16-9-10-18(25-2)15(14-16)8-11-20(23)22-12-5-13-26-19-7-4-3-6-17(19)21/h3-4,6-11,14H,5,12-13H2,1-2H3,(H,22,23). The molecule has 0 aliphatic carbocycles. The lowest BCUT2D eigenvalue weighted by Crippen LogP contribution is -2.23. The molecule has 0 aromatic heterocycles. The minimum absolute atomic E-state index is 0.212. The van der Waals surface area contributed by atoms with Gasteiger partial charge in [0, 0.05) is 18.2 Å². The molecular weight excluding hydrogens is 337 g/mol. The maximum absolute atomic E-state index is 13.4. The maximum atomic E-state index is 13.4. The molecule has 2 aromatic carbocycles. The topological polar surface area (TPSA) is 56.8 Å². The normalized spacial score (nSPS) is 10.6. The van der Waals surface area contributed by atoms with Gasteiger partial charge in [-0.15, -0.1) is 0 Å². The first-order valence-electron chi connectivity index (χ1n) is 8.19. The second kappa shape index (κ2) is 10.1. The third-order valence-electron chi connectivity index (χ3n) is 3.57. The van der Waals surface area contributed by atoms with E-state index in [4.69, 9.17) is 14.2 Å². The molecule has 0 radical (unpaired) electrons. The molecule has 1 N–H and O–H groups in total. The predicted octanol–water partition coefficient (Wildman–Crippen LogP) is 3.44. The number of rotatable bonds is 9. The lowest BCUT2D eigenvalue weighted by Gasteiger charge is -2.08. The van der Waals surface area contributed by atoms with Gasteiger partial charge in [-0.3, -0.25) is 4.79 Å². The van der Waals surface area contributed by atoms with Crippen LogP contribution in [0.1, 0.15) is 12.0 Å². The van der Waals surface area contributed by atoms with Gasteiger partial charge in [-0.1, -0.05) is 12.1 Å². The zero-order valence-corrected chi connectivity index (χ0v) is 14.8. The molecule has 0 bridgehead atoms. The van der Waals surface area contributed by atoms with E-state index in [1.165, 1.54) is 12.1 Å². The molecule has 0 aliphatic rings. The van der Waals surface area contributed by atoms with Crippen molar-refractivity contribution in [2.24, 2.45) is 0 Å². The lowest BCUT2D eigenvalue weighted by molar-refractivity contribution is -0.116. The number of ether oxygens (including phenoxy) is 3. The summed E-state index contributed by atoms with van der Waals surface area (Å²) >= 11 is 0. The van der Waals surface area contributed by atoms with Crippen LogP contribution in [0.4, 0.5) is 4.39 Å². The third-order valence-corrected chi connectivity index (χ3v) is 3.57. The summed E-state index contributed by atoms with van der Waals surface area (Å²) in [4.78, 5) is 11.9. The van der Waals surface area contributed by atoms with Crippen LogP contribution in [-0.4, -0.2) is 33.3 Å². The molecule has 6 heteroatoms. The minimum atomic E-state index is -0.397. The number of benzene rings is 2. The number of para-hydroxylation sites is 1. The van der Waals surface area contributed by atoms with Gasteiger partial charge in [0.05, 0.1) is 20.8 Å². The van der Waals surface area contributed by atoms with E-state index in [0.717, 1.165) is 5.56 Å². The minimum Gasteiger partial charge on any atom is -0.497 e. The second-order valence-corrected chi connectivity index (χ2v) is 5.36. The molecule has 138 valence electrons. The van der Waals surface area contributed by atoms with Gasteiger partial charge in [-0.25, -0.2) is 4.39 Å². The van der Waals surface area contributed by atoms with Crippen molar-refractivity contribution < 1.29 is 23.4 Å². The van der Waals surface area contributed by atoms with Crippen molar-refractivity contribution in [2.75, 3.05) is 27.4 Å². The molecule has 1 amide bonds. The highest BCUT2D eigenvalue weighted by atomic mass is 19.1. The molecule has 0 unspecified atom stereocenters. The first-order chi connectivity index (χ1) is 12.6. The van der Waals surface area contributed by atoms with Crippen molar-refractivity contribution in [3.63, 3.8) is 0 Å². The monoisotopic (exact) mass is 359 g/mol. The Morgan fingerprint density at radius 3 is 2.65 bits per heavy atom. The summed E-state index contributed by atoms with van der Waals surface area (Å²) in [6.07, 6.45) is 3.65. The largest absolute Gasteiger partial charge is 0.497 e. The SMILES string of the molecule is COc1ccc(OC)c(C=CC(=O)NCCCOc2ccccc2F)c1. The van der Waals surface area contributed by atoms with E-state index in [-0.39, 0.29) is 11.7 Å². The van der Waals surface area contributed by atoms with E-state index in [9.17, 15) is 9.18 Å². The van der Waals surface area contributed by atoms with Gasteiger partial charge >= 0.3 is 0 Å². The second-order valence-electron chi connectivity index (χ2n) is 5.36. The molecule has 0 aliphatic heterocycles. The Labute approximate surface area is 152 Å². The van der Waals surface area contributed by atoms with E-state index >= 15 is 0 Å². The van der Waals surface area contributed by atoms with Crippen molar-refractivity contribution in [3.05, 3.63) is 59.9 Å². The van der Waals surface area contributed by atoms with Crippen LogP contribution in [0, 0.1) is 5.82 Å². The number of nitrogens with one attached hydrogen (secondary N) is 1. The molecular formula is C20H22FNO4. The molecule has 0 fully saturated rings. The summed E-state index contributed by atoms with van der Waals surface area (Å²) in [6.45, 7) is 0.738. The predicted molar refractivity (Wildman–Crippen MR) is 98.1 cm³/mol. The number of carbonyl (C=O) groups is 1. The molecule has 5 nitrogen and oxygen atoms in total. The van der Waals surface area contributed by atoms with Crippen molar-refractivity contribution in [1.29, 1.82) is 0 Å². The zero-order chi connectivity index (χ0) is 18.8. The molecule has 0 spiro atoms. The summed E-state index contributed by atoms with van der Waals surface area (Å²) in [5, 5.41) is 2.75. The summed E-state index contributed by atoms with van der Waals surface area (Å²) in [5.74, 6) is 0.903. The Balaban J connectivity index is 1.76. The van der Waals surface area contributed by atoms with Crippen LogP contribution in [0.2, 0.25) is 0 Å². The van der Waals surface area contributed by atoms with Gasteiger partial charge < -0.3 is 19.5 Å². The molecule has 0 saturated heterocycles. The Kier molecular flexibility index (Phi) is 7.49. The van der Waals surface area contributed by atoms with Crippen LogP contribution in [0.25, 0.3) is 6.08 Å². The van der Waals surface area contributed by atoms with E-state index < -0.39 is 5.82 Å². The van der Waals surface area contributed by atoms with Crippen LogP contribution >= 0.6 is 0 Å². The van der Waals surface area contributed by atoms with Crippen molar-refractivity contribution in [2.45, 2.75) is 6.42 Å². The molecule has 0 heterocycles. The number of hydrogen-bond acceptors (Lipinski definition) is 4. The fourth-order valence-electron chi connectivity index (χ4n) is 2.22. The Hall–Kier alpha value is -3.02. The molecule has 26 heavy (non-hydrogen) atoms. The Morgan fingerprint density at radius 1 is 1.12 bits per heavy atom. The highest BCUT2D eigenvalue weighted by Gasteiger charge is 2.04. The fraction of sp³-hybridized carbons (Fsp3) is 0.250. The average Bonchev–Trinajstić information content (AvgIpc) is 2.67. The van der Waals surface area contributed by atoms with Crippen molar-refractivity contribution in [1.82, 2.24) is 5.32 Å². The highest BCUT2D eigenvalue weighted by molar-refractivity contribution is 5.92. The van der Waals surface area contributed by atoms with Crippen LogP contribution in [0.15, 0.2) is 48.5 Å². The van der Waals surface area contributed by atoms with E-state index in [1.807, 2.05) is 0 Å². The molecule has 0 atom stereocenters. The lowest BCUT2D eigenvalue weighted by atomic mass is 10.1. The average molecular weight is 359 g/mol. The maximum Gasteiger partial charge on any atom is 0.244 e. The van der Waals surface area contributed by atoms with Gasteiger partial charge in [-0.05, 0) is 42.8 Å². The van der Waals surface area contributed by atoms with E-state index in [2.05, 4.69) is 5.32 Å². The first kappa shape index (κ1) is 19.3.